The maximum Gasteiger partial charge on any atom is 0.322 e. The van der Waals surface area contributed by atoms with E-state index in [0.717, 1.165) is 35.3 Å². The molecule has 0 spiro atoms. The molecule has 0 saturated carbocycles. The van der Waals surface area contributed by atoms with Gasteiger partial charge >= 0.3 is 6.03 Å². The number of halogens is 1. The number of aryl methyl sites for hydroxylation is 2. The van der Waals surface area contributed by atoms with E-state index in [2.05, 4.69) is 22.1 Å². The third-order valence-electron chi connectivity index (χ3n) is 6.99. The molecule has 0 fully saturated rings. The van der Waals surface area contributed by atoms with Crippen molar-refractivity contribution in [1.82, 2.24) is 9.47 Å². The highest BCUT2D eigenvalue weighted by atomic mass is 32.1. The van der Waals surface area contributed by atoms with Crippen molar-refractivity contribution in [1.29, 1.82) is 0 Å². The van der Waals surface area contributed by atoms with E-state index in [1.807, 2.05) is 59.6 Å². The summed E-state index contributed by atoms with van der Waals surface area (Å²) in [6, 6.07) is 17.9. The number of nitrogens with zero attached hydrogens (tertiary/aromatic N) is 2. The Labute approximate surface area is 202 Å². The number of benzene rings is 2. The Morgan fingerprint density at radius 1 is 1.03 bits per heavy atom. The Morgan fingerprint density at radius 3 is 2.74 bits per heavy atom. The minimum absolute atomic E-state index is 0.181. The van der Waals surface area contributed by atoms with Crippen molar-refractivity contribution < 1.29 is 9.18 Å². The van der Waals surface area contributed by atoms with Crippen LogP contribution in [0.25, 0.3) is 5.00 Å². The van der Waals surface area contributed by atoms with Gasteiger partial charge in [0.2, 0.25) is 0 Å². The molecule has 2 aliphatic rings. The Bertz CT molecular complexity index is 1390. The monoisotopic (exact) mass is 471 g/mol. The Balaban J connectivity index is 1.51. The van der Waals surface area contributed by atoms with Crippen molar-refractivity contribution in [2.45, 2.75) is 45.2 Å². The number of fused-ring (bicyclic) bond motifs is 5. The second-order valence-corrected chi connectivity index (χ2v) is 10.2. The summed E-state index contributed by atoms with van der Waals surface area (Å²) in [4.78, 5) is 17.2. The van der Waals surface area contributed by atoms with Gasteiger partial charge in [-0.1, -0.05) is 30.3 Å². The minimum atomic E-state index is -0.409. The maximum atomic E-state index is 14.4. The topological polar surface area (TPSA) is 37.3 Å². The summed E-state index contributed by atoms with van der Waals surface area (Å²) in [5, 5.41) is 4.33. The summed E-state index contributed by atoms with van der Waals surface area (Å²) in [5.41, 5.74) is 6.17. The number of urea groups is 1. The first-order chi connectivity index (χ1) is 16.6. The Morgan fingerprint density at radius 2 is 1.88 bits per heavy atom. The van der Waals surface area contributed by atoms with E-state index in [1.165, 1.54) is 39.9 Å². The minimum Gasteiger partial charge on any atom is -0.310 e. The fraction of sp³-hybridized carbons (Fsp3) is 0.250. The van der Waals surface area contributed by atoms with Crippen LogP contribution in [0.3, 0.4) is 0 Å². The summed E-state index contributed by atoms with van der Waals surface area (Å²) in [5.74, 6) is -0.300. The van der Waals surface area contributed by atoms with Crippen molar-refractivity contribution in [2.75, 3.05) is 5.32 Å². The maximum absolute atomic E-state index is 14.4. The number of amides is 2. The summed E-state index contributed by atoms with van der Waals surface area (Å²) in [7, 11) is 0. The lowest BCUT2D eigenvalue weighted by molar-refractivity contribution is 0.194. The molecule has 1 N–H and O–H groups in total. The van der Waals surface area contributed by atoms with Crippen LogP contribution in [-0.4, -0.2) is 15.5 Å². The van der Waals surface area contributed by atoms with Gasteiger partial charge in [-0.15, -0.1) is 11.3 Å². The van der Waals surface area contributed by atoms with Crippen LogP contribution >= 0.6 is 11.3 Å². The van der Waals surface area contributed by atoms with Gasteiger partial charge in [-0.3, -0.25) is 0 Å². The Hall–Kier alpha value is -3.38. The first kappa shape index (κ1) is 21.2. The summed E-state index contributed by atoms with van der Waals surface area (Å²) < 4.78 is 16.6. The lowest BCUT2D eigenvalue weighted by Crippen LogP contribution is -2.38. The second kappa shape index (κ2) is 8.44. The normalized spacial score (nSPS) is 16.9. The van der Waals surface area contributed by atoms with Gasteiger partial charge in [-0.05, 0) is 79.6 Å². The lowest BCUT2D eigenvalue weighted by atomic mass is 9.95. The number of hydrogen-bond acceptors (Lipinski definition) is 2. The zero-order chi connectivity index (χ0) is 23.2. The average molecular weight is 472 g/mol. The molecule has 6 heteroatoms. The third kappa shape index (κ3) is 3.53. The molecule has 1 aliphatic heterocycles. The fourth-order valence-corrected chi connectivity index (χ4v) is 6.72. The van der Waals surface area contributed by atoms with Crippen LogP contribution in [0, 0.1) is 12.7 Å². The predicted octanol–water partition coefficient (Wildman–Crippen LogP) is 7.00. The average Bonchev–Trinajstić information content (AvgIpc) is 3.42. The summed E-state index contributed by atoms with van der Waals surface area (Å²) in [6.07, 6.45) is 6.62. The van der Waals surface area contributed by atoms with Gasteiger partial charge in [0.1, 0.15) is 10.8 Å². The van der Waals surface area contributed by atoms with Crippen LogP contribution in [0.5, 0.6) is 0 Å². The smallest absolute Gasteiger partial charge is 0.310 e. The lowest BCUT2D eigenvalue weighted by Gasteiger charge is -2.31. The molecule has 3 heterocycles. The van der Waals surface area contributed by atoms with Crippen LogP contribution in [0.1, 0.15) is 51.7 Å². The third-order valence-corrected chi connectivity index (χ3v) is 8.32. The van der Waals surface area contributed by atoms with Gasteiger partial charge in [0.05, 0.1) is 18.3 Å². The number of hydrogen-bond donors (Lipinski definition) is 1. The van der Waals surface area contributed by atoms with E-state index in [9.17, 15) is 9.18 Å². The molecule has 0 unspecified atom stereocenters. The van der Waals surface area contributed by atoms with Gasteiger partial charge < -0.3 is 14.8 Å². The molecule has 0 radical (unpaired) electrons. The van der Waals surface area contributed by atoms with Gasteiger partial charge in [0.25, 0.3) is 0 Å². The molecule has 4 aromatic rings. The number of thiophene rings is 1. The van der Waals surface area contributed by atoms with E-state index >= 15 is 0 Å². The number of rotatable bonds is 2. The van der Waals surface area contributed by atoms with E-state index in [4.69, 9.17) is 0 Å². The van der Waals surface area contributed by atoms with Gasteiger partial charge in [-0.2, -0.15) is 0 Å². The van der Waals surface area contributed by atoms with Crippen molar-refractivity contribution in [3.63, 3.8) is 0 Å². The molecule has 2 amide bonds. The predicted molar refractivity (Wildman–Crippen MR) is 134 cm³/mol. The van der Waals surface area contributed by atoms with Gasteiger partial charge in [-0.25, -0.2) is 9.18 Å². The molecular formula is C28H26FN3OS. The molecule has 1 atom stereocenters. The molecule has 2 aromatic carbocycles. The van der Waals surface area contributed by atoms with Crippen LogP contribution in [0.15, 0.2) is 66.9 Å². The van der Waals surface area contributed by atoms with E-state index in [-0.39, 0.29) is 11.8 Å². The first-order valence-corrected chi connectivity index (χ1v) is 12.6. The van der Waals surface area contributed by atoms with Crippen molar-refractivity contribution >= 4 is 23.1 Å². The van der Waals surface area contributed by atoms with Crippen molar-refractivity contribution in [3.8, 4) is 5.00 Å². The molecule has 2 aromatic heterocycles. The van der Waals surface area contributed by atoms with Gasteiger partial charge in [0, 0.05) is 22.3 Å². The zero-order valence-electron chi connectivity index (χ0n) is 19.1. The quantitative estimate of drug-likeness (QED) is 0.336. The number of anilines is 1. The standard InChI is InChI=1S/C28H26FN3OS/c1-18-8-2-4-12-23(18)30-28(33)32-17-22-21-11-3-5-14-25(21)34-27(22)31-15-7-13-24(31)26(32)19-9-6-10-20(29)16-19/h2,4,6-10,12-13,15-16,26H,3,5,11,14,17H2,1H3,(H,30,33)/t26-/m0/s1. The molecule has 0 bridgehead atoms. The molecule has 4 nitrogen and oxygen atoms in total. The fourth-order valence-electron chi connectivity index (χ4n) is 5.31. The van der Waals surface area contributed by atoms with Crippen LogP contribution in [0.2, 0.25) is 0 Å². The largest absolute Gasteiger partial charge is 0.322 e. The SMILES string of the molecule is Cc1ccccc1NC(=O)N1Cc2c(sc3c2CCCC3)-n2cccc2[C@@H]1c1cccc(F)c1. The summed E-state index contributed by atoms with van der Waals surface area (Å²) >= 11 is 1.85. The number of para-hydroxylation sites is 1. The van der Waals surface area contributed by atoms with Crippen LogP contribution in [-0.2, 0) is 19.4 Å². The molecule has 1 aliphatic carbocycles. The molecular weight excluding hydrogens is 445 g/mol. The molecule has 0 saturated heterocycles. The second-order valence-electron chi connectivity index (χ2n) is 9.13. The van der Waals surface area contributed by atoms with Crippen molar-refractivity contribution in [3.05, 3.63) is 106 Å². The number of nitrogens with one attached hydrogen (secondary N) is 1. The summed E-state index contributed by atoms with van der Waals surface area (Å²) in [6.45, 7) is 2.47. The number of aromatic nitrogens is 1. The van der Waals surface area contributed by atoms with E-state index < -0.39 is 6.04 Å². The molecule has 172 valence electrons. The zero-order valence-corrected chi connectivity index (χ0v) is 19.9. The first-order valence-electron chi connectivity index (χ1n) is 11.8. The molecule has 34 heavy (non-hydrogen) atoms. The highest BCUT2D eigenvalue weighted by molar-refractivity contribution is 7.15. The molecule has 6 rings (SSSR count). The van der Waals surface area contributed by atoms with Crippen LogP contribution < -0.4 is 5.32 Å². The number of carbonyl (C=O) groups is 1. The van der Waals surface area contributed by atoms with Crippen molar-refractivity contribution in [2.24, 2.45) is 0 Å². The number of carbonyl (C=O) groups excluding carboxylic acids is 1. The van der Waals surface area contributed by atoms with E-state index in [1.54, 1.807) is 12.1 Å². The van der Waals surface area contributed by atoms with Gasteiger partial charge in [0.15, 0.2) is 0 Å². The highest BCUT2D eigenvalue weighted by Crippen LogP contribution is 2.44. The van der Waals surface area contributed by atoms with E-state index in [0.29, 0.717) is 6.54 Å². The Kier molecular flexibility index (Phi) is 5.26. The highest BCUT2D eigenvalue weighted by Gasteiger charge is 2.36. The van der Waals surface area contributed by atoms with Crippen LogP contribution in [0.4, 0.5) is 14.9 Å².